The number of anilines is 2. The summed E-state index contributed by atoms with van der Waals surface area (Å²) in [6.07, 6.45) is 3.91. The van der Waals surface area contributed by atoms with E-state index < -0.39 is 17.8 Å². The highest BCUT2D eigenvalue weighted by Gasteiger charge is 2.35. The Morgan fingerprint density at radius 3 is 2.83 bits per heavy atom. The Hall–Kier alpha value is -3.53. The minimum atomic E-state index is -1.02. The number of aromatic nitrogens is 3. The molecule has 0 bridgehead atoms. The molecule has 0 unspecified atom stereocenters. The summed E-state index contributed by atoms with van der Waals surface area (Å²) in [5.41, 5.74) is 2.79. The van der Waals surface area contributed by atoms with Crippen molar-refractivity contribution in [2.24, 2.45) is 0 Å². The number of halogens is 2. The molecule has 13 heteroatoms. The first kappa shape index (κ1) is 29.0. The molecule has 5 heterocycles. The van der Waals surface area contributed by atoms with Crippen LogP contribution in [0.4, 0.5) is 16.0 Å². The lowest BCUT2D eigenvalue weighted by Crippen LogP contribution is -2.55. The third-order valence-electron chi connectivity index (χ3n) is 8.07. The topological polar surface area (TPSA) is 114 Å². The molecule has 1 amide bonds. The van der Waals surface area contributed by atoms with Crippen LogP contribution in [0, 0.1) is 11.3 Å². The molecule has 3 aliphatic rings. The SMILES string of the molecule is C=C(F)C(=O)N1CCN(c2nc(OC[C@@H]3CCCN3C)nc3c2CN(Cc2cc(NC)ncc2Cl)C3)C[C@@H]1CC#N. The summed E-state index contributed by atoms with van der Waals surface area (Å²) in [5, 5.41) is 13.1. The maximum Gasteiger partial charge on any atom is 0.318 e. The Morgan fingerprint density at radius 1 is 1.29 bits per heavy atom. The second-order valence-electron chi connectivity index (χ2n) is 10.8. The zero-order valence-electron chi connectivity index (χ0n) is 23.4. The van der Waals surface area contributed by atoms with E-state index in [1.54, 1.807) is 6.20 Å². The molecular formula is C28H35ClFN9O2. The number of hydrogen-bond donors (Lipinski definition) is 1. The van der Waals surface area contributed by atoms with Gasteiger partial charge in [0.15, 0.2) is 5.83 Å². The summed E-state index contributed by atoms with van der Waals surface area (Å²) in [6.45, 7) is 7.48. The van der Waals surface area contributed by atoms with Crippen LogP contribution in [0.15, 0.2) is 24.7 Å². The highest BCUT2D eigenvalue weighted by atomic mass is 35.5. The van der Waals surface area contributed by atoms with Gasteiger partial charge in [0.25, 0.3) is 5.91 Å². The molecule has 0 saturated carbocycles. The number of piperazine rings is 1. The monoisotopic (exact) mass is 583 g/mol. The van der Waals surface area contributed by atoms with Crippen LogP contribution in [0.5, 0.6) is 6.01 Å². The smallest absolute Gasteiger partial charge is 0.318 e. The average molecular weight is 584 g/mol. The van der Waals surface area contributed by atoms with Crippen molar-refractivity contribution in [3.8, 4) is 12.1 Å². The first-order chi connectivity index (χ1) is 19.8. The van der Waals surface area contributed by atoms with E-state index in [4.69, 9.17) is 26.3 Å². The number of carbonyl (C=O) groups is 1. The highest BCUT2D eigenvalue weighted by molar-refractivity contribution is 6.31. The predicted molar refractivity (Wildman–Crippen MR) is 153 cm³/mol. The zero-order chi connectivity index (χ0) is 29.1. The van der Waals surface area contributed by atoms with Gasteiger partial charge in [0.2, 0.25) is 0 Å². The second-order valence-corrected chi connectivity index (χ2v) is 11.2. The van der Waals surface area contributed by atoms with Crippen LogP contribution in [0.25, 0.3) is 0 Å². The van der Waals surface area contributed by atoms with Gasteiger partial charge in [-0.3, -0.25) is 9.69 Å². The number of nitriles is 1. The van der Waals surface area contributed by atoms with E-state index in [-0.39, 0.29) is 13.0 Å². The van der Waals surface area contributed by atoms with E-state index in [0.717, 1.165) is 47.8 Å². The number of likely N-dealkylation sites (tertiary alicyclic amines) is 1. The van der Waals surface area contributed by atoms with Crippen molar-refractivity contribution >= 4 is 29.1 Å². The van der Waals surface area contributed by atoms with E-state index in [9.17, 15) is 14.4 Å². The molecule has 0 radical (unpaired) electrons. The number of rotatable bonds is 9. The molecule has 1 N–H and O–H groups in total. The zero-order valence-corrected chi connectivity index (χ0v) is 24.2. The summed E-state index contributed by atoms with van der Waals surface area (Å²) in [4.78, 5) is 34.4. The minimum Gasteiger partial charge on any atom is -0.462 e. The Morgan fingerprint density at radius 2 is 2.12 bits per heavy atom. The van der Waals surface area contributed by atoms with Crippen LogP contribution in [0.1, 0.15) is 36.1 Å². The molecule has 0 aromatic carbocycles. The van der Waals surface area contributed by atoms with Crippen LogP contribution in [-0.2, 0) is 24.4 Å². The fourth-order valence-electron chi connectivity index (χ4n) is 5.81. The van der Waals surface area contributed by atoms with Crippen molar-refractivity contribution in [3.63, 3.8) is 0 Å². The molecule has 218 valence electrons. The minimum absolute atomic E-state index is 0.0701. The van der Waals surface area contributed by atoms with Crippen molar-refractivity contribution < 1.29 is 13.9 Å². The summed E-state index contributed by atoms with van der Waals surface area (Å²) >= 11 is 6.48. The van der Waals surface area contributed by atoms with Crippen molar-refractivity contribution in [3.05, 3.63) is 46.5 Å². The molecule has 0 aliphatic carbocycles. The van der Waals surface area contributed by atoms with Gasteiger partial charge in [0.1, 0.15) is 18.2 Å². The lowest BCUT2D eigenvalue weighted by molar-refractivity contribution is -0.131. The average Bonchev–Trinajstić information content (AvgIpc) is 3.57. The first-order valence-corrected chi connectivity index (χ1v) is 14.2. The van der Waals surface area contributed by atoms with Crippen molar-refractivity contribution in [2.75, 3.05) is 57.1 Å². The van der Waals surface area contributed by atoms with Crippen molar-refractivity contribution in [1.82, 2.24) is 29.7 Å². The number of fused-ring (bicyclic) bond motifs is 1. The normalized spacial score (nSPS) is 21.0. The molecule has 2 aromatic heterocycles. The van der Waals surface area contributed by atoms with Gasteiger partial charge in [-0.15, -0.1) is 0 Å². The first-order valence-electron chi connectivity index (χ1n) is 13.8. The standard InChI is InChI=1S/C28H35ClFN9O2/c1-18(30)27(40)39-10-9-38(14-20(39)6-7-31)26-22-15-37(13-19-11-25(32-2)33-12-23(19)29)16-24(22)34-28(35-26)41-17-21-5-4-8-36(21)3/h11-12,20-21H,1,4-6,8-10,13-17H2,2-3H3,(H,32,33)/t20-,21-/m0/s1. The van der Waals surface area contributed by atoms with Gasteiger partial charge in [0.05, 0.1) is 29.2 Å². The van der Waals surface area contributed by atoms with Gasteiger partial charge in [0, 0.05) is 64.1 Å². The molecular weight excluding hydrogens is 549 g/mol. The van der Waals surface area contributed by atoms with Crippen LogP contribution in [0.2, 0.25) is 5.02 Å². The van der Waals surface area contributed by atoms with Crippen LogP contribution in [-0.4, -0.2) is 94.5 Å². The van der Waals surface area contributed by atoms with Gasteiger partial charge < -0.3 is 24.8 Å². The van der Waals surface area contributed by atoms with Gasteiger partial charge >= 0.3 is 6.01 Å². The molecule has 2 atom stereocenters. The number of hydrogen-bond acceptors (Lipinski definition) is 10. The summed E-state index contributed by atoms with van der Waals surface area (Å²) in [5.74, 6) is -0.341. The van der Waals surface area contributed by atoms with Gasteiger partial charge in [-0.05, 0) is 38.1 Å². The Bertz CT molecular complexity index is 1350. The number of ether oxygens (including phenoxy) is 1. The molecule has 3 aliphatic heterocycles. The lowest BCUT2D eigenvalue weighted by atomic mass is 10.1. The van der Waals surface area contributed by atoms with Gasteiger partial charge in [-0.25, -0.2) is 9.37 Å². The van der Waals surface area contributed by atoms with Crippen LogP contribution >= 0.6 is 11.6 Å². The number of nitrogens with zero attached hydrogens (tertiary/aromatic N) is 8. The fourth-order valence-corrected chi connectivity index (χ4v) is 5.97. The fraction of sp³-hybridized carbons (Fsp3) is 0.536. The Balaban J connectivity index is 1.41. The van der Waals surface area contributed by atoms with Crippen molar-refractivity contribution in [1.29, 1.82) is 5.26 Å². The molecule has 5 rings (SSSR count). The number of carbonyl (C=O) groups excluding carboxylic acids is 1. The quantitative estimate of drug-likeness (QED) is 0.442. The number of nitrogens with one attached hydrogen (secondary N) is 1. The number of amides is 1. The summed E-state index contributed by atoms with van der Waals surface area (Å²) in [6, 6.07) is 4.20. The van der Waals surface area contributed by atoms with E-state index in [1.165, 1.54) is 4.90 Å². The number of pyridine rings is 1. The van der Waals surface area contributed by atoms with Crippen LogP contribution in [0.3, 0.4) is 0 Å². The summed E-state index contributed by atoms with van der Waals surface area (Å²) < 4.78 is 19.9. The van der Waals surface area contributed by atoms with Gasteiger partial charge in [-0.2, -0.15) is 15.2 Å². The lowest BCUT2D eigenvalue weighted by Gasteiger charge is -2.41. The molecule has 2 fully saturated rings. The maximum atomic E-state index is 13.7. The third kappa shape index (κ3) is 6.37. The maximum absolute atomic E-state index is 13.7. The number of likely N-dealkylation sites (N-methyl/N-ethyl adjacent to an activating group) is 1. The molecule has 2 aromatic rings. The van der Waals surface area contributed by atoms with E-state index in [1.807, 2.05) is 13.1 Å². The second kappa shape index (κ2) is 12.5. The Labute approximate surface area is 244 Å². The van der Waals surface area contributed by atoms with Crippen LogP contribution < -0.4 is 15.0 Å². The molecule has 11 nitrogen and oxygen atoms in total. The summed E-state index contributed by atoms with van der Waals surface area (Å²) in [7, 11) is 3.91. The molecule has 2 saturated heterocycles. The highest BCUT2D eigenvalue weighted by Crippen LogP contribution is 2.34. The van der Waals surface area contributed by atoms with Gasteiger partial charge in [-0.1, -0.05) is 18.2 Å². The van der Waals surface area contributed by atoms with E-state index >= 15 is 0 Å². The van der Waals surface area contributed by atoms with Crippen molar-refractivity contribution in [2.45, 2.75) is 51.0 Å². The largest absolute Gasteiger partial charge is 0.462 e. The Kier molecular flexibility index (Phi) is 8.87. The van der Waals surface area contributed by atoms with E-state index in [0.29, 0.717) is 56.4 Å². The molecule has 41 heavy (non-hydrogen) atoms. The molecule has 0 spiro atoms. The third-order valence-corrected chi connectivity index (χ3v) is 8.41. The van der Waals surface area contributed by atoms with E-state index in [2.05, 4.69) is 44.7 Å². The predicted octanol–water partition coefficient (Wildman–Crippen LogP) is 2.97.